The number of ketones is 1. The van der Waals surface area contributed by atoms with E-state index in [-0.39, 0.29) is 48.4 Å². The van der Waals surface area contributed by atoms with Crippen molar-refractivity contribution in [2.75, 3.05) is 20.5 Å². The van der Waals surface area contributed by atoms with Crippen molar-refractivity contribution in [2.45, 2.75) is 37.5 Å². The van der Waals surface area contributed by atoms with Gasteiger partial charge in [-0.1, -0.05) is 43.0 Å². The van der Waals surface area contributed by atoms with Crippen LogP contribution >= 0.6 is 11.8 Å². The van der Waals surface area contributed by atoms with Crippen LogP contribution in [0, 0.1) is 0 Å². The van der Waals surface area contributed by atoms with Gasteiger partial charge in [0.25, 0.3) is 0 Å². The van der Waals surface area contributed by atoms with Gasteiger partial charge in [0.1, 0.15) is 24.2 Å². The summed E-state index contributed by atoms with van der Waals surface area (Å²) < 4.78 is 22.0. The van der Waals surface area contributed by atoms with E-state index in [1.54, 1.807) is 14.0 Å². The van der Waals surface area contributed by atoms with Gasteiger partial charge >= 0.3 is 5.97 Å². The number of esters is 1. The zero-order valence-corrected chi connectivity index (χ0v) is 18.9. The van der Waals surface area contributed by atoms with E-state index >= 15 is 0 Å². The first-order chi connectivity index (χ1) is 15.5. The van der Waals surface area contributed by atoms with Gasteiger partial charge in [0.05, 0.1) is 18.8 Å². The second-order valence-corrected chi connectivity index (χ2v) is 8.46. The van der Waals surface area contributed by atoms with Gasteiger partial charge in [-0.15, -0.1) is 0 Å². The summed E-state index contributed by atoms with van der Waals surface area (Å²) in [6.07, 6.45) is 0.339. The Balaban J connectivity index is 1.60. The number of ether oxygens (including phenoxy) is 4. The van der Waals surface area contributed by atoms with Crippen LogP contribution in [0.5, 0.6) is 11.5 Å². The molecule has 8 heteroatoms. The Morgan fingerprint density at radius 3 is 2.56 bits per heavy atom. The number of hydrogen-bond acceptors (Lipinski definition) is 8. The second-order valence-electron chi connectivity index (χ2n) is 7.20. The molecule has 1 fully saturated rings. The SMILES string of the molecule is CCC(=O)OCOC(COc1ccc(CC2SC(=O)CC2=O)cc1)c1cccc(OC)c1. The first kappa shape index (κ1) is 23.8. The van der Waals surface area contributed by atoms with Gasteiger partial charge in [-0.2, -0.15) is 0 Å². The smallest absolute Gasteiger partial charge is 0.307 e. The molecule has 0 radical (unpaired) electrons. The van der Waals surface area contributed by atoms with Crippen LogP contribution < -0.4 is 9.47 Å². The molecule has 32 heavy (non-hydrogen) atoms. The van der Waals surface area contributed by atoms with Gasteiger partial charge in [-0.25, -0.2) is 0 Å². The summed E-state index contributed by atoms with van der Waals surface area (Å²) >= 11 is 1.12. The summed E-state index contributed by atoms with van der Waals surface area (Å²) in [6, 6.07) is 14.8. The maximum absolute atomic E-state index is 11.8. The molecule has 2 aromatic carbocycles. The maximum atomic E-state index is 11.8. The van der Waals surface area contributed by atoms with Crippen LogP contribution in [0.4, 0.5) is 0 Å². The van der Waals surface area contributed by atoms with E-state index in [2.05, 4.69) is 0 Å². The average Bonchev–Trinajstić information content (AvgIpc) is 3.13. The standard InChI is InChI=1S/C24H26O7S/c1-3-23(26)31-15-30-21(17-5-4-6-19(12-17)28-2)14-29-18-9-7-16(8-10-18)11-22-20(25)13-24(27)32-22/h4-10,12,21-22H,3,11,13-15H2,1-2H3. The fourth-order valence-corrected chi connectivity index (χ4v) is 4.19. The Morgan fingerprint density at radius 1 is 1.12 bits per heavy atom. The molecular weight excluding hydrogens is 432 g/mol. The molecule has 0 spiro atoms. The van der Waals surface area contributed by atoms with E-state index in [1.165, 1.54) is 0 Å². The van der Waals surface area contributed by atoms with Crippen molar-refractivity contribution in [3.8, 4) is 11.5 Å². The predicted molar refractivity (Wildman–Crippen MR) is 120 cm³/mol. The Morgan fingerprint density at radius 2 is 1.91 bits per heavy atom. The van der Waals surface area contributed by atoms with Crippen LogP contribution in [0.3, 0.4) is 0 Å². The van der Waals surface area contributed by atoms with E-state index in [4.69, 9.17) is 18.9 Å². The Kier molecular flexibility index (Phi) is 8.70. The lowest BCUT2D eigenvalue weighted by Crippen LogP contribution is -2.17. The number of hydrogen-bond donors (Lipinski definition) is 0. The van der Waals surface area contributed by atoms with Gasteiger partial charge in [0.15, 0.2) is 17.7 Å². The molecule has 1 aliphatic rings. The molecule has 0 bridgehead atoms. The molecule has 1 heterocycles. The molecule has 2 atom stereocenters. The minimum atomic E-state index is -0.479. The third-order valence-electron chi connectivity index (χ3n) is 4.94. The fourth-order valence-electron chi connectivity index (χ4n) is 3.15. The van der Waals surface area contributed by atoms with Crippen molar-refractivity contribution in [3.05, 3.63) is 59.7 Å². The van der Waals surface area contributed by atoms with E-state index in [1.807, 2.05) is 48.5 Å². The Labute approximate surface area is 191 Å². The van der Waals surface area contributed by atoms with Gasteiger partial charge < -0.3 is 18.9 Å². The minimum absolute atomic E-state index is 0.0117. The number of rotatable bonds is 11. The number of benzene rings is 2. The number of carbonyl (C=O) groups is 3. The molecule has 0 aromatic heterocycles. The second kappa shape index (κ2) is 11.7. The van der Waals surface area contributed by atoms with Gasteiger partial charge in [0, 0.05) is 6.42 Å². The highest BCUT2D eigenvalue weighted by Crippen LogP contribution is 2.29. The molecule has 0 aliphatic carbocycles. The predicted octanol–water partition coefficient (Wildman–Crippen LogP) is 3.89. The normalized spacial score (nSPS) is 16.6. The highest BCUT2D eigenvalue weighted by atomic mass is 32.2. The number of Topliss-reactive ketones (excluding diaryl/α,β-unsaturated/α-hetero) is 1. The molecule has 0 N–H and O–H groups in total. The molecule has 1 saturated heterocycles. The van der Waals surface area contributed by atoms with Crippen molar-refractivity contribution < 1.29 is 33.3 Å². The van der Waals surface area contributed by atoms with Gasteiger partial charge in [-0.05, 0) is 41.8 Å². The topological polar surface area (TPSA) is 88.1 Å². The van der Waals surface area contributed by atoms with Crippen LogP contribution in [-0.2, 0) is 30.3 Å². The van der Waals surface area contributed by atoms with Gasteiger partial charge in [-0.3, -0.25) is 14.4 Å². The number of carbonyl (C=O) groups excluding carboxylic acids is 3. The highest BCUT2D eigenvalue weighted by molar-refractivity contribution is 8.15. The maximum Gasteiger partial charge on any atom is 0.307 e. The molecule has 0 saturated carbocycles. The fraction of sp³-hybridized carbons (Fsp3) is 0.375. The lowest BCUT2D eigenvalue weighted by Gasteiger charge is -2.19. The molecule has 2 aromatic rings. The van der Waals surface area contributed by atoms with E-state index in [9.17, 15) is 14.4 Å². The molecule has 1 aliphatic heterocycles. The third kappa shape index (κ3) is 6.83. The van der Waals surface area contributed by atoms with E-state index in [0.717, 1.165) is 22.9 Å². The zero-order valence-electron chi connectivity index (χ0n) is 18.1. The molecule has 7 nitrogen and oxygen atoms in total. The summed E-state index contributed by atoms with van der Waals surface area (Å²) in [5, 5.41) is -0.362. The van der Waals surface area contributed by atoms with Crippen molar-refractivity contribution in [1.29, 1.82) is 0 Å². The zero-order chi connectivity index (χ0) is 22.9. The lowest BCUT2D eigenvalue weighted by atomic mass is 10.1. The van der Waals surface area contributed by atoms with Crippen molar-refractivity contribution in [1.82, 2.24) is 0 Å². The van der Waals surface area contributed by atoms with Crippen LogP contribution in [-0.4, -0.2) is 42.6 Å². The number of thioether (sulfide) groups is 1. The summed E-state index contributed by atoms with van der Waals surface area (Å²) in [4.78, 5) is 34.7. The molecule has 0 amide bonds. The molecule has 3 rings (SSSR count). The van der Waals surface area contributed by atoms with E-state index < -0.39 is 6.10 Å². The Hall–Kier alpha value is -2.84. The largest absolute Gasteiger partial charge is 0.497 e. The van der Waals surface area contributed by atoms with Crippen LogP contribution in [0.1, 0.15) is 37.0 Å². The Bertz CT molecular complexity index is 942. The summed E-state index contributed by atoms with van der Waals surface area (Å²) in [6.45, 7) is 1.73. The number of methoxy groups -OCH3 is 1. The lowest BCUT2D eigenvalue weighted by molar-refractivity contribution is -0.162. The average molecular weight is 459 g/mol. The van der Waals surface area contributed by atoms with Gasteiger partial charge in [0.2, 0.25) is 0 Å². The molecular formula is C24H26O7S. The minimum Gasteiger partial charge on any atom is -0.497 e. The van der Waals surface area contributed by atoms with Crippen LogP contribution in [0.2, 0.25) is 0 Å². The van der Waals surface area contributed by atoms with Crippen LogP contribution in [0.15, 0.2) is 48.5 Å². The van der Waals surface area contributed by atoms with Crippen molar-refractivity contribution in [2.24, 2.45) is 0 Å². The van der Waals surface area contributed by atoms with Crippen molar-refractivity contribution >= 4 is 28.6 Å². The quantitative estimate of drug-likeness (QED) is 0.285. The third-order valence-corrected chi connectivity index (χ3v) is 6.06. The summed E-state index contributed by atoms with van der Waals surface area (Å²) in [5.74, 6) is 0.968. The van der Waals surface area contributed by atoms with Crippen molar-refractivity contribution in [3.63, 3.8) is 0 Å². The highest BCUT2D eigenvalue weighted by Gasteiger charge is 2.31. The van der Waals surface area contributed by atoms with E-state index in [0.29, 0.717) is 17.9 Å². The monoisotopic (exact) mass is 458 g/mol. The van der Waals surface area contributed by atoms with Crippen LogP contribution in [0.25, 0.3) is 0 Å². The summed E-state index contributed by atoms with van der Waals surface area (Å²) in [5.41, 5.74) is 1.79. The first-order valence-electron chi connectivity index (χ1n) is 10.3. The first-order valence-corrected chi connectivity index (χ1v) is 11.2. The molecule has 2 unspecified atom stereocenters. The molecule has 170 valence electrons. The summed E-state index contributed by atoms with van der Waals surface area (Å²) in [7, 11) is 1.59.